The molecule has 0 spiro atoms. The number of carbonyl (C=O) groups excluding carboxylic acids is 1. The van der Waals surface area contributed by atoms with Crippen LogP contribution >= 0.6 is 0 Å². The maximum absolute atomic E-state index is 13.1. The van der Waals surface area contributed by atoms with E-state index >= 15 is 0 Å². The molecule has 27 heavy (non-hydrogen) atoms. The fourth-order valence-corrected chi connectivity index (χ4v) is 3.87. The summed E-state index contributed by atoms with van der Waals surface area (Å²) < 4.78 is 0. The third-order valence-electron chi connectivity index (χ3n) is 5.18. The smallest absolute Gasteiger partial charge is 0.252 e. The highest BCUT2D eigenvalue weighted by molar-refractivity contribution is 6.01. The molecule has 132 valence electrons. The minimum absolute atomic E-state index is 0.0294. The van der Waals surface area contributed by atoms with E-state index in [0.29, 0.717) is 11.1 Å². The van der Waals surface area contributed by atoms with Crippen LogP contribution < -0.4 is 5.32 Å². The Labute approximate surface area is 159 Å². The molecule has 0 saturated carbocycles. The fraction of sp³-hybridized carbons (Fsp3) is 0.167. The van der Waals surface area contributed by atoms with Crippen LogP contribution in [0.3, 0.4) is 0 Å². The summed E-state index contributed by atoms with van der Waals surface area (Å²) in [5.41, 5.74) is 5.28. The monoisotopic (exact) mass is 352 g/mol. The molecule has 1 aliphatic rings. The van der Waals surface area contributed by atoms with Crippen LogP contribution in [0.1, 0.15) is 45.9 Å². The lowest BCUT2D eigenvalue weighted by atomic mass is 9.87. The summed E-state index contributed by atoms with van der Waals surface area (Å²) in [5, 5.41) is 12.6. The van der Waals surface area contributed by atoms with Crippen LogP contribution in [0.25, 0.3) is 11.1 Å². The number of benzene rings is 3. The first-order valence-corrected chi connectivity index (χ1v) is 9.25. The van der Waals surface area contributed by atoms with Crippen molar-refractivity contribution in [3.63, 3.8) is 0 Å². The summed E-state index contributed by atoms with van der Waals surface area (Å²) in [7, 11) is 0. The van der Waals surface area contributed by atoms with Crippen molar-refractivity contribution in [2.45, 2.75) is 25.3 Å². The lowest BCUT2D eigenvalue weighted by Crippen LogP contribution is -2.31. The Morgan fingerprint density at radius 1 is 0.926 bits per heavy atom. The van der Waals surface area contributed by atoms with Gasteiger partial charge in [-0.05, 0) is 48.1 Å². The molecule has 3 heteroatoms. The van der Waals surface area contributed by atoms with Crippen LogP contribution in [0.4, 0.5) is 0 Å². The van der Waals surface area contributed by atoms with Crippen molar-refractivity contribution in [2.24, 2.45) is 0 Å². The molecular formula is C24H20N2O. The molecule has 1 aliphatic carbocycles. The Morgan fingerprint density at radius 3 is 2.48 bits per heavy atom. The van der Waals surface area contributed by atoms with Gasteiger partial charge in [0.2, 0.25) is 0 Å². The van der Waals surface area contributed by atoms with Gasteiger partial charge in [-0.25, -0.2) is 0 Å². The highest BCUT2D eigenvalue weighted by atomic mass is 16.1. The number of hydrogen-bond donors (Lipinski definition) is 1. The van der Waals surface area contributed by atoms with Crippen molar-refractivity contribution >= 4 is 5.91 Å². The second-order valence-corrected chi connectivity index (χ2v) is 6.82. The lowest BCUT2D eigenvalue weighted by Gasteiger charge is -2.26. The zero-order valence-electron chi connectivity index (χ0n) is 15.0. The lowest BCUT2D eigenvalue weighted by molar-refractivity contribution is 0.0933. The minimum atomic E-state index is -0.0972. The number of nitrogens with one attached hydrogen (secondary N) is 1. The van der Waals surface area contributed by atoms with E-state index in [4.69, 9.17) is 0 Å². The van der Waals surface area contributed by atoms with Gasteiger partial charge in [-0.3, -0.25) is 4.79 Å². The molecule has 4 rings (SSSR count). The van der Waals surface area contributed by atoms with E-state index < -0.39 is 0 Å². The Hall–Kier alpha value is -3.38. The topological polar surface area (TPSA) is 52.9 Å². The van der Waals surface area contributed by atoms with E-state index in [1.54, 1.807) is 6.07 Å². The first kappa shape index (κ1) is 17.1. The second kappa shape index (κ2) is 7.47. The van der Waals surface area contributed by atoms with Crippen LogP contribution in [0, 0.1) is 11.3 Å². The summed E-state index contributed by atoms with van der Waals surface area (Å²) in [6.45, 7) is 0. The van der Waals surface area contributed by atoms with Gasteiger partial charge in [0.15, 0.2) is 0 Å². The summed E-state index contributed by atoms with van der Waals surface area (Å²) in [6, 6.07) is 25.5. The first-order valence-electron chi connectivity index (χ1n) is 9.25. The van der Waals surface area contributed by atoms with Gasteiger partial charge in [-0.15, -0.1) is 0 Å². The molecule has 3 aromatic rings. The van der Waals surface area contributed by atoms with Crippen LogP contribution in [-0.4, -0.2) is 5.91 Å². The number of amides is 1. The van der Waals surface area contributed by atoms with Crippen molar-refractivity contribution in [1.82, 2.24) is 5.32 Å². The average molecular weight is 352 g/mol. The first-order chi connectivity index (χ1) is 13.3. The molecule has 1 N–H and O–H groups in total. The van der Waals surface area contributed by atoms with Crippen molar-refractivity contribution in [2.75, 3.05) is 0 Å². The van der Waals surface area contributed by atoms with Crippen molar-refractivity contribution in [3.8, 4) is 17.2 Å². The van der Waals surface area contributed by atoms with Gasteiger partial charge < -0.3 is 5.32 Å². The van der Waals surface area contributed by atoms with E-state index in [0.717, 1.165) is 30.4 Å². The van der Waals surface area contributed by atoms with E-state index in [2.05, 4.69) is 29.6 Å². The number of nitriles is 1. The summed E-state index contributed by atoms with van der Waals surface area (Å²) in [5.74, 6) is -0.0972. The average Bonchev–Trinajstić information content (AvgIpc) is 2.74. The Kier molecular flexibility index (Phi) is 4.72. The van der Waals surface area contributed by atoms with E-state index in [1.165, 1.54) is 11.1 Å². The highest BCUT2D eigenvalue weighted by Gasteiger charge is 2.23. The van der Waals surface area contributed by atoms with Crippen molar-refractivity contribution in [3.05, 3.63) is 95.1 Å². The maximum atomic E-state index is 13.1. The Bertz CT molecular complexity index is 1030. The van der Waals surface area contributed by atoms with Gasteiger partial charge in [-0.1, -0.05) is 60.7 Å². The minimum Gasteiger partial charge on any atom is -0.345 e. The van der Waals surface area contributed by atoms with Crippen LogP contribution in [0.5, 0.6) is 0 Å². The zero-order valence-corrected chi connectivity index (χ0v) is 15.0. The predicted octanol–water partition coefficient (Wildman–Crippen LogP) is 5.03. The molecule has 0 radical (unpaired) electrons. The summed E-state index contributed by atoms with van der Waals surface area (Å²) in [6.07, 6.45) is 3.08. The number of hydrogen-bond acceptors (Lipinski definition) is 2. The molecule has 0 saturated heterocycles. The largest absolute Gasteiger partial charge is 0.345 e. The van der Waals surface area contributed by atoms with E-state index in [9.17, 15) is 10.1 Å². The quantitative estimate of drug-likeness (QED) is 0.718. The van der Waals surface area contributed by atoms with Gasteiger partial charge in [0.05, 0.1) is 17.7 Å². The van der Waals surface area contributed by atoms with Gasteiger partial charge in [0.25, 0.3) is 5.91 Å². The van der Waals surface area contributed by atoms with E-state index in [1.807, 2.05) is 48.5 Å². The third-order valence-corrected chi connectivity index (χ3v) is 5.18. The van der Waals surface area contributed by atoms with Crippen LogP contribution in [0.2, 0.25) is 0 Å². The standard InChI is InChI=1S/C24H20N2O/c25-16-18-9-2-3-11-19(18)21-13-5-6-14-22(21)24(27)26-23-15-7-10-17-8-1-4-12-20(17)23/h1-6,8-9,11-14,23H,7,10,15H2,(H,26,27)/t23-/m1/s1. The zero-order chi connectivity index (χ0) is 18.6. The number of nitrogens with zero attached hydrogens (tertiary/aromatic N) is 1. The predicted molar refractivity (Wildman–Crippen MR) is 106 cm³/mol. The summed E-state index contributed by atoms with van der Waals surface area (Å²) >= 11 is 0. The maximum Gasteiger partial charge on any atom is 0.252 e. The molecule has 1 amide bonds. The molecule has 3 aromatic carbocycles. The Balaban J connectivity index is 1.68. The van der Waals surface area contributed by atoms with Crippen molar-refractivity contribution < 1.29 is 4.79 Å². The molecule has 0 aromatic heterocycles. The molecule has 0 bridgehead atoms. The molecular weight excluding hydrogens is 332 g/mol. The van der Waals surface area contributed by atoms with Gasteiger partial charge in [0.1, 0.15) is 0 Å². The van der Waals surface area contributed by atoms with Crippen LogP contribution in [0.15, 0.2) is 72.8 Å². The summed E-state index contributed by atoms with van der Waals surface area (Å²) in [4.78, 5) is 13.1. The molecule has 3 nitrogen and oxygen atoms in total. The molecule has 0 aliphatic heterocycles. The SMILES string of the molecule is N#Cc1ccccc1-c1ccccc1C(=O)N[C@@H]1CCCc2ccccc21. The molecule has 0 fully saturated rings. The number of aryl methyl sites for hydroxylation is 1. The third kappa shape index (κ3) is 3.35. The van der Waals surface area contributed by atoms with Crippen LogP contribution in [-0.2, 0) is 6.42 Å². The molecule has 1 atom stereocenters. The van der Waals surface area contributed by atoms with Crippen molar-refractivity contribution in [1.29, 1.82) is 5.26 Å². The molecule has 0 unspecified atom stereocenters. The fourth-order valence-electron chi connectivity index (χ4n) is 3.87. The van der Waals surface area contributed by atoms with Gasteiger partial charge in [-0.2, -0.15) is 5.26 Å². The van der Waals surface area contributed by atoms with Gasteiger partial charge in [0, 0.05) is 11.1 Å². The number of carbonyl (C=O) groups is 1. The number of rotatable bonds is 3. The normalized spacial score (nSPS) is 15.4. The highest BCUT2D eigenvalue weighted by Crippen LogP contribution is 2.31. The van der Waals surface area contributed by atoms with Gasteiger partial charge >= 0.3 is 0 Å². The number of fused-ring (bicyclic) bond motifs is 1. The Morgan fingerprint density at radius 2 is 1.63 bits per heavy atom. The molecule has 0 heterocycles. The van der Waals surface area contributed by atoms with E-state index in [-0.39, 0.29) is 11.9 Å². The second-order valence-electron chi connectivity index (χ2n) is 6.82.